The van der Waals surface area contributed by atoms with Crippen molar-refractivity contribution in [1.82, 2.24) is 9.88 Å². The Hall–Kier alpha value is -3.13. The summed E-state index contributed by atoms with van der Waals surface area (Å²) in [4.78, 5) is 18.6. The van der Waals surface area contributed by atoms with Crippen molar-refractivity contribution >= 4 is 11.6 Å². The van der Waals surface area contributed by atoms with Gasteiger partial charge in [-0.15, -0.1) is 0 Å². The van der Waals surface area contributed by atoms with Crippen LogP contribution in [0.1, 0.15) is 28.4 Å². The topological polar surface area (TPSA) is 83.0 Å². The summed E-state index contributed by atoms with van der Waals surface area (Å²) in [5, 5.41) is 8.92. The lowest BCUT2D eigenvalue weighted by Crippen LogP contribution is -2.26. The van der Waals surface area contributed by atoms with Crippen molar-refractivity contribution in [2.45, 2.75) is 19.9 Å². The van der Waals surface area contributed by atoms with Gasteiger partial charge in [0.25, 0.3) is 5.91 Å². The first kappa shape index (κ1) is 15.8. The van der Waals surface area contributed by atoms with Gasteiger partial charge in [-0.05, 0) is 35.2 Å². The van der Waals surface area contributed by atoms with Gasteiger partial charge in [0, 0.05) is 35.8 Å². The smallest absolute Gasteiger partial charge is 0.256 e. The van der Waals surface area contributed by atoms with Gasteiger partial charge in [0.2, 0.25) is 0 Å². The second kappa shape index (κ2) is 6.17. The molecule has 5 heteroatoms. The van der Waals surface area contributed by atoms with Crippen molar-refractivity contribution < 1.29 is 4.79 Å². The highest BCUT2D eigenvalue weighted by Crippen LogP contribution is 2.36. The van der Waals surface area contributed by atoms with Crippen molar-refractivity contribution in [3.8, 4) is 17.2 Å². The molecule has 1 aromatic carbocycles. The summed E-state index contributed by atoms with van der Waals surface area (Å²) < 4.78 is 0. The van der Waals surface area contributed by atoms with Gasteiger partial charge >= 0.3 is 0 Å². The number of aromatic nitrogens is 1. The van der Waals surface area contributed by atoms with Gasteiger partial charge in [-0.2, -0.15) is 5.26 Å². The molecule has 1 amide bonds. The summed E-state index contributed by atoms with van der Waals surface area (Å²) in [6.45, 7) is 6.38. The molecule has 0 aliphatic carbocycles. The number of nitrogens with zero attached hydrogens (tertiary/aromatic N) is 3. The Morgan fingerprint density at radius 2 is 2.25 bits per heavy atom. The van der Waals surface area contributed by atoms with Crippen LogP contribution in [-0.4, -0.2) is 22.3 Å². The SMILES string of the molecule is C=C(C#N)CN1Cc2c(-c3cncc(CC)c3)ccc(N)c2C1=O. The number of benzene rings is 1. The van der Waals surface area contributed by atoms with E-state index in [2.05, 4.69) is 24.6 Å². The van der Waals surface area contributed by atoms with Crippen LogP contribution in [-0.2, 0) is 13.0 Å². The number of amides is 1. The number of pyridine rings is 1. The molecule has 1 aliphatic heterocycles. The maximum Gasteiger partial charge on any atom is 0.256 e. The van der Waals surface area contributed by atoms with Crippen molar-refractivity contribution in [3.63, 3.8) is 0 Å². The van der Waals surface area contributed by atoms with Crippen LogP contribution < -0.4 is 5.73 Å². The first-order valence-corrected chi connectivity index (χ1v) is 7.78. The Balaban J connectivity index is 2.07. The van der Waals surface area contributed by atoms with Gasteiger partial charge in [-0.1, -0.05) is 19.6 Å². The molecule has 0 spiro atoms. The molecule has 1 aliphatic rings. The number of aryl methyl sites for hydroxylation is 1. The summed E-state index contributed by atoms with van der Waals surface area (Å²) in [5.41, 5.74) is 11.3. The van der Waals surface area contributed by atoms with Crippen LogP contribution in [0.2, 0.25) is 0 Å². The number of carbonyl (C=O) groups is 1. The van der Waals surface area contributed by atoms with Gasteiger partial charge in [0.15, 0.2) is 0 Å². The van der Waals surface area contributed by atoms with E-state index >= 15 is 0 Å². The summed E-state index contributed by atoms with van der Waals surface area (Å²) in [5.74, 6) is -0.152. The molecule has 0 radical (unpaired) electrons. The number of fused-ring (bicyclic) bond motifs is 1. The van der Waals surface area contributed by atoms with Crippen LogP contribution in [0.15, 0.2) is 42.7 Å². The lowest BCUT2D eigenvalue weighted by molar-refractivity contribution is 0.0795. The summed E-state index contributed by atoms with van der Waals surface area (Å²) in [6.07, 6.45) is 4.53. The van der Waals surface area contributed by atoms with Crippen LogP contribution in [0, 0.1) is 11.3 Å². The van der Waals surface area contributed by atoms with Crippen LogP contribution >= 0.6 is 0 Å². The van der Waals surface area contributed by atoms with Crippen LogP contribution in [0.5, 0.6) is 0 Å². The van der Waals surface area contributed by atoms with Gasteiger partial charge in [-0.25, -0.2) is 0 Å². The van der Waals surface area contributed by atoms with E-state index < -0.39 is 0 Å². The molecular formula is C19H18N4O. The molecule has 0 fully saturated rings. The standard InChI is InChI=1S/C19H18N4O/c1-3-13-6-14(9-22-8-13)15-4-5-17(21)18-16(15)11-23(19(18)24)10-12(2)7-20/h4-6,8-9H,2-3,10-11,21H2,1H3. The maximum absolute atomic E-state index is 12.7. The number of nitriles is 1. The molecule has 0 saturated heterocycles. The predicted octanol–water partition coefficient (Wildman–Crippen LogP) is 2.93. The molecule has 0 bridgehead atoms. The zero-order chi connectivity index (χ0) is 17.3. The lowest BCUT2D eigenvalue weighted by Gasteiger charge is -2.14. The van der Waals surface area contributed by atoms with Gasteiger partial charge in [-0.3, -0.25) is 9.78 Å². The van der Waals surface area contributed by atoms with Gasteiger partial charge < -0.3 is 10.6 Å². The summed E-state index contributed by atoms with van der Waals surface area (Å²) in [6, 6.07) is 7.76. The molecule has 0 unspecified atom stereocenters. The third kappa shape index (κ3) is 2.63. The summed E-state index contributed by atoms with van der Waals surface area (Å²) >= 11 is 0. The molecule has 0 saturated carbocycles. The Labute approximate surface area is 141 Å². The van der Waals surface area contributed by atoms with E-state index in [9.17, 15) is 4.79 Å². The third-order valence-corrected chi connectivity index (χ3v) is 4.25. The average molecular weight is 318 g/mol. The van der Waals surface area contributed by atoms with Crippen LogP contribution in [0.25, 0.3) is 11.1 Å². The Morgan fingerprint density at radius 3 is 2.96 bits per heavy atom. The quantitative estimate of drug-likeness (QED) is 0.694. The number of hydrogen-bond acceptors (Lipinski definition) is 4. The number of nitrogen functional groups attached to an aromatic ring is 1. The second-order valence-corrected chi connectivity index (χ2v) is 5.87. The normalized spacial score (nSPS) is 12.8. The lowest BCUT2D eigenvalue weighted by atomic mass is 9.96. The molecule has 5 nitrogen and oxygen atoms in total. The van der Waals surface area contributed by atoms with E-state index in [1.54, 1.807) is 17.2 Å². The molecule has 120 valence electrons. The average Bonchev–Trinajstić information content (AvgIpc) is 2.92. The first-order valence-electron chi connectivity index (χ1n) is 7.78. The minimum Gasteiger partial charge on any atom is -0.398 e. The highest BCUT2D eigenvalue weighted by Gasteiger charge is 2.32. The Bertz CT molecular complexity index is 879. The Kier molecular flexibility index (Phi) is 4.05. The molecule has 0 atom stereocenters. The fourth-order valence-corrected chi connectivity index (χ4v) is 3.00. The highest BCUT2D eigenvalue weighted by molar-refractivity contribution is 6.05. The molecular weight excluding hydrogens is 300 g/mol. The number of carbonyl (C=O) groups excluding carboxylic acids is 1. The highest BCUT2D eigenvalue weighted by atomic mass is 16.2. The first-order chi connectivity index (χ1) is 11.5. The molecule has 3 rings (SSSR count). The zero-order valence-corrected chi connectivity index (χ0v) is 13.5. The fourth-order valence-electron chi connectivity index (χ4n) is 3.00. The minimum absolute atomic E-state index is 0.152. The van der Waals surface area contributed by atoms with Crippen LogP contribution in [0.3, 0.4) is 0 Å². The minimum atomic E-state index is -0.152. The van der Waals surface area contributed by atoms with Crippen molar-refractivity contribution in [2.75, 3.05) is 12.3 Å². The fraction of sp³-hybridized carbons (Fsp3) is 0.211. The van der Waals surface area contributed by atoms with E-state index in [-0.39, 0.29) is 12.5 Å². The number of nitrogens with two attached hydrogens (primary N) is 1. The second-order valence-electron chi connectivity index (χ2n) is 5.87. The molecule has 2 aromatic rings. The largest absolute Gasteiger partial charge is 0.398 e. The number of hydrogen-bond donors (Lipinski definition) is 1. The summed E-state index contributed by atoms with van der Waals surface area (Å²) in [7, 11) is 0. The van der Waals surface area contributed by atoms with E-state index in [0.717, 1.165) is 28.7 Å². The third-order valence-electron chi connectivity index (χ3n) is 4.25. The zero-order valence-electron chi connectivity index (χ0n) is 13.5. The monoisotopic (exact) mass is 318 g/mol. The molecule has 24 heavy (non-hydrogen) atoms. The van der Waals surface area contributed by atoms with Gasteiger partial charge in [0.1, 0.15) is 0 Å². The van der Waals surface area contributed by atoms with E-state index in [1.807, 2.05) is 18.3 Å². The number of anilines is 1. The Morgan fingerprint density at radius 1 is 1.46 bits per heavy atom. The predicted molar refractivity (Wildman–Crippen MR) is 93.0 cm³/mol. The molecule has 2 N–H and O–H groups in total. The van der Waals surface area contributed by atoms with E-state index in [1.165, 1.54) is 0 Å². The van der Waals surface area contributed by atoms with Gasteiger partial charge in [0.05, 0.1) is 18.2 Å². The molecule has 1 aromatic heterocycles. The van der Waals surface area contributed by atoms with Crippen molar-refractivity contribution in [1.29, 1.82) is 5.26 Å². The molecule has 2 heterocycles. The van der Waals surface area contributed by atoms with Crippen LogP contribution in [0.4, 0.5) is 5.69 Å². The van der Waals surface area contributed by atoms with E-state index in [4.69, 9.17) is 11.0 Å². The van der Waals surface area contributed by atoms with Crippen molar-refractivity contribution in [3.05, 3.63) is 59.4 Å². The van der Waals surface area contributed by atoms with Crippen molar-refractivity contribution in [2.24, 2.45) is 0 Å². The number of rotatable bonds is 4. The van der Waals surface area contributed by atoms with E-state index in [0.29, 0.717) is 23.4 Å². The maximum atomic E-state index is 12.7.